The number of rotatable bonds is 2. The van der Waals surface area contributed by atoms with E-state index >= 15 is 0 Å². The van der Waals surface area contributed by atoms with Crippen LogP contribution in [0.5, 0.6) is 5.75 Å². The van der Waals surface area contributed by atoms with Crippen LogP contribution in [-0.4, -0.2) is 30.9 Å². The summed E-state index contributed by atoms with van der Waals surface area (Å²) in [5, 5.41) is 9.29. The molecule has 1 aromatic rings. The van der Waals surface area contributed by atoms with Crippen LogP contribution in [0.3, 0.4) is 0 Å². The zero-order chi connectivity index (χ0) is 11.8. The summed E-state index contributed by atoms with van der Waals surface area (Å²) in [6, 6.07) is 5.81. The van der Waals surface area contributed by atoms with E-state index < -0.39 is 10.0 Å². The van der Waals surface area contributed by atoms with Gasteiger partial charge in [0.15, 0.2) is 0 Å². The lowest BCUT2D eigenvalue weighted by Gasteiger charge is -2.15. The number of hydrogen-bond acceptors (Lipinski definition) is 3. The Kier molecular flexibility index (Phi) is 2.90. The summed E-state index contributed by atoms with van der Waals surface area (Å²) in [5.74, 6) is 0.389. The molecule has 1 heterocycles. The first kappa shape index (κ1) is 11.4. The standard InChI is InChI=1S/C11H15NO3S/c1-9-5-6-12(8-9)16(14,15)11-4-2-3-10(13)7-11/h2-4,7,9,13H,5-6,8H2,1H3. The van der Waals surface area contributed by atoms with E-state index in [-0.39, 0.29) is 10.6 Å². The largest absolute Gasteiger partial charge is 0.508 e. The molecule has 0 aromatic heterocycles. The number of phenols is 1. The molecule has 4 nitrogen and oxygen atoms in total. The Hall–Kier alpha value is -1.07. The molecule has 1 saturated heterocycles. The molecule has 1 unspecified atom stereocenters. The summed E-state index contributed by atoms with van der Waals surface area (Å²) in [4.78, 5) is 0.168. The topological polar surface area (TPSA) is 57.6 Å². The van der Waals surface area contributed by atoms with Gasteiger partial charge in [-0.15, -0.1) is 0 Å². The van der Waals surface area contributed by atoms with Crippen molar-refractivity contribution < 1.29 is 13.5 Å². The Morgan fingerprint density at radius 3 is 2.75 bits per heavy atom. The molecule has 1 aliphatic heterocycles. The van der Waals surface area contributed by atoms with Gasteiger partial charge in [-0.25, -0.2) is 8.42 Å². The number of hydrogen-bond donors (Lipinski definition) is 1. The van der Waals surface area contributed by atoms with Gasteiger partial charge >= 0.3 is 0 Å². The van der Waals surface area contributed by atoms with E-state index in [4.69, 9.17) is 0 Å². The van der Waals surface area contributed by atoms with Gasteiger partial charge in [0.1, 0.15) is 5.75 Å². The van der Waals surface area contributed by atoms with E-state index in [1.54, 1.807) is 6.07 Å². The molecule has 16 heavy (non-hydrogen) atoms. The second-order valence-electron chi connectivity index (χ2n) is 4.25. The maximum atomic E-state index is 12.1. The Morgan fingerprint density at radius 1 is 1.44 bits per heavy atom. The lowest BCUT2D eigenvalue weighted by Crippen LogP contribution is -2.28. The average molecular weight is 241 g/mol. The van der Waals surface area contributed by atoms with E-state index in [1.165, 1.54) is 22.5 Å². The van der Waals surface area contributed by atoms with Gasteiger partial charge in [-0.3, -0.25) is 0 Å². The van der Waals surface area contributed by atoms with Gasteiger partial charge in [-0.1, -0.05) is 13.0 Å². The van der Waals surface area contributed by atoms with Crippen molar-refractivity contribution in [3.05, 3.63) is 24.3 Å². The van der Waals surface area contributed by atoms with Crippen LogP contribution in [0.1, 0.15) is 13.3 Å². The van der Waals surface area contributed by atoms with E-state index in [9.17, 15) is 13.5 Å². The molecule has 5 heteroatoms. The van der Waals surface area contributed by atoms with E-state index in [0.29, 0.717) is 19.0 Å². The molecule has 0 amide bonds. The minimum Gasteiger partial charge on any atom is -0.508 e. The highest BCUT2D eigenvalue weighted by Gasteiger charge is 2.30. The van der Waals surface area contributed by atoms with Crippen molar-refractivity contribution >= 4 is 10.0 Å². The third kappa shape index (κ3) is 2.05. The summed E-state index contributed by atoms with van der Waals surface area (Å²) in [5.41, 5.74) is 0. The minimum atomic E-state index is -3.42. The van der Waals surface area contributed by atoms with Crippen LogP contribution in [-0.2, 0) is 10.0 Å². The molecule has 0 bridgehead atoms. The van der Waals surface area contributed by atoms with Crippen LogP contribution < -0.4 is 0 Å². The summed E-state index contributed by atoms with van der Waals surface area (Å²) in [6.45, 7) is 3.18. The molecule has 2 rings (SSSR count). The Labute approximate surface area is 95.6 Å². The van der Waals surface area contributed by atoms with Crippen LogP contribution in [0.2, 0.25) is 0 Å². The lowest BCUT2D eigenvalue weighted by atomic mass is 10.2. The third-order valence-corrected chi connectivity index (χ3v) is 4.70. The van der Waals surface area contributed by atoms with Crippen molar-refractivity contribution in [1.82, 2.24) is 4.31 Å². The summed E-state index contributed by atoms with van der Waals surface area (Å²) in [7, 11) is -3.42. The molecule has 1 fully saturated rings. The Morgan fingerprint density at radius 2 is 2.19 bits per heavy atom. The normalized spacial score (nSPS) is 22.4. The molecule has 1 aromatic carbocycles. The first-order valence-electron chi connectivity index (χ1n) is 5.29. The van der Waals surface area contributed by atoms with Gasteiger partial charge in [0.25, 0.3) is 0 Å². The zero-order valence-electron chi connectivity index (χ0n) is 9.13. The van der Waals surface area contributed by atoms with Gasteiger partial charge in [0.2, 0.25) is 10.0 Å². The number of phenolic OH excluding ortho intramolecular Hbond substituents is 1. The molecule has 1 aliphatic rings. The van der Waals surface area contributed by atoms with E-state index in [2.05, 4.69) is 0 Å². The second kappa shape index (κ2) is 4.07. The van der Waals surface area contributed by atoms with Crippen molar-refractivity contribution in [3.8, 4) is 5.75 Å². The van der Waals surface area contributed by atoms with Crippen LogP contribution in [0.4, 0.5) is 0 Å². The molecule has 1 atom stereocenters. The fourth-order valence-electron chi connectivity index (χ4n) is 1.91. The summed E-state index contributed by atoms with van der Waals surface area (Å²) in [6.07, 6.45) is 0.901. The van der Waals surface area contributed by atoms with Crippen molar-refractivity contribution in [2.45, 2.75) is 18.2 Å². The average Bonchev–Trinajstić information content (AvgIpc) is 2.65. The van der Waals surface area contributed by atoms with Crippen molar-refractivity contribution in [1.29, 1.82) is 0 Å². The number of benzene rings is 1. The minimum absolute atomic E-state index is 0.0201. The number of sulfonamides is 1. The molecule has 0 radical (unpaired) electrons. The monoisotopic (exact) mass is 241 g/mol. The van der Waals surface area contributed by atoms with Crippen LogP contribution >= 0.6 is 0 Å². The van der Waals surface area contributed by atoms with Gasteiger partial charge < -0.3 is 5.11 Å². The van der Waals surface area contributed by atoms with E-state index in [1.807, 2.05) is 6.92 Å². The maximum absolute atomic E-state index is 12.1. The number of aromatic hydroxyl groups is 1. The van der Waals surface area contributed by atoms with Crippen LogP contribution in [0, 0.1) is 5.92 Å². The third-order valence-electron chi connectivity index (χ3n) is 2.84. The molecule has 0 spiro atoms. The quantitative estimate of drug-likeness (QED) is 0.852. The summed E-state index contributed by atoms with van der Waals surface area (Å²) >= 11 is 0. The molecule has 0 aliphatic carbocycles. The fourth-order valence-corrected chi connectivity index (χ4v) is 3.52. The maximum Gasteiger partial charge on any atom is 0.243 e. The highest BCUT2D eigenvalue weighted by molar-refractivity contribution is 7.89. The van der Waals surface area contributed by atoms with Gasteiger partial charge in [0, 0.05) is 13.1 Å². The second-order valence-corrected chi connectivity index (χ2v) is 6.19. The van der Waals surface area contributed by atoms with Gasteiger partial charge in [0.05, 0.1) is 4.90 Å². The highest BCUT2D eigenvalue weighted by atomic mass is 32.2. The molecule has 0 saturated carbocycles. The van der Waals surface area contributed by atoms with Crippen molar-refractivity contribution in [2.75, 3.05) is 13.1 Å². The Balaban J connectivity index is 2.32. The highest BCUT2D eigenvalue weighted by Crippen LogP contribution is 2.25. The Bertz CT molecular complexity index is 484. The molecule has 88 valence electrons. The van der Waals surface area contributed by atoms with Crippen molar-refractivity contribution in [2.24, 2.45) is 5.92 Å². The van der Waals surface area contributed by atoms with E-state index in [0.717, 1.165) is 6.42 Å². The first-order chi connectivity index (χ1) is 7.50. The number of nitrogens with zero attached hydrogens (tertiary/aromatic N) is 1. The van der Waals surface area contributed by atoms with Gasteiger partial charge in [-0.2, -0.15) is 4.31 Å². The smallest absolute Gasteiger partial charge is 0.243 e. The predicted octanol–water partition coefficient (Wildman–Crippen LogP) is 1.42. The van der Waals surface area contributed by atoms with Gasteiger partial charge in [-0.05, 0) is 30.5 Å². The predicted molar refractivity (Wildman–Crippen MR) is 60.6 cm³/mol. The lowest BCUT2D eigenvalue weighted by molar-refractivity contribution is 0.458. The fraction of sp³-hybridized carbons (Fsp3) is 0.455. The van der Waals surface area contributed by atoms with Crippen molar-refractivity contribution in [3.63, 3.8) is 0 Å². The first-order valence-corrected chi connectivity index (χ1v) is 6.73. The van der Waals surface area contributed by atoms with Crippen LogP contribution in [0.25, 0.3) is 0 Å². The SMILES string of the molecule is CC1CCN(S(=O)(=O)c2cccc(O)c2)C1. The summed E-state index contributed by atoms with van der Waals surface area (Å²) < 4.78 is 25.8. The molecular formula is C11H15NO3S. The van der Waals surface area contributed by atoms with Crippen LogP contribution in [0.15, 0.2) is 29.2 Å². The zero-order valence-corrected chi connectivity index (χ0v) is 9.94. The molecular weight excluding hydrogens is 226 g/mol. The molecule has 1 N–H and O–H groups in total.